The van der Waals surface area contributed by atoms with Crippen LogP contribution < -0.4 is 10.8 Å². The molecule has 114 valence electrons. The van der Waals surface area contributed by atoms with Crippen LogP contribution >= 0.6 is 0 Å². The number of anilines is 2. The average Bonchev–Trinajstić information content (AvgIpc) is 2.60. The van der Waals surface area contributed by atoms with Crippen LogP contribution in [0, 0.1) is 0 Å². The van der Waals surface area contributed by atoms with Crippen molar-refractivity contribution in [2.75, 3.05) is 5.32 Å². The van der Waals surface area contributed by atoms with E-state index >= 15 is 0 Å². The minimum atomic E-state index is -0.570. The number of rotatable bonds is 4. The molecule has 0 saturated heterocycles. The topological polar surface area (TPSA) is 74.2 Å². The zero-order valence-corrected chi connectivity index (χ0v) is 12.2. The molecule has 3 rings (SSSR count). The predicted molar refractivity (Wildman–Crippen MR) is 90.4 cm³/mol. The number of fused-ring (bicyclic) bond motifs is 1. The number of hydroxylamine groups is 1. The van der Waals surface area contributed by atoms with E-state index in [1.54, 1.807) is 11.6 Å². The summed E-state index contributed by atoms with van der Waals surface area (Å²) in [6, 6.07) is 19.4. The summed E-state index contributed by atoms with van der Waals surface area (Å²) < 4.78 is 0. The summed E-state index contributed by atoms with van der Waals surface area (Å²) in [4.78, 5) is 15.6. The van der Waals surface area contributed by atoms with Crippen LogP contribution in [0.1, 0.15) is 5.56 Å². The Morgan fingerprint density at radius 1 is 1.04 bits per heavy atom. The van der Waals surface area contributed by atoms with Gasteiger partial charge in [0.25, 0.3) is 5.91 Å². The molecule has 3 aromatic rings. The van der Waals surface area contributed by atoms with Gasteiger partial charge in [0.15, 0.2) is 0 Å². The van der Waals surface area contributed by atoms with Gasteiger partial charge in [0.2, 0.25) is 0 Å². The monoisotopic (exact) mass is 305 g/mol. The number of pyridine rings is 1. The number of hydrogen-bond donors (Lipinski definition) is 3. The van der Waals surface area contributed by atoms with Crippen molar-refractivity contribution in [1.29, 1.82) is 0 Å². The largest absolute Gasteiger partial charge is 0.340 e. The molecular weight excluding hydrogens is 290 g/mol. The van der Waals surface area contributed by atoms with Crippen molar-refractivity contribution in [3.05, 3.63) is 72.3 Å². The SMILES string of the molecule is O=C(/C=C/c1cccc(Nc2ccc3ccccc3n2)c1)NO. The molecule has 23 heavy (non-hydrogen) atoms. The Hall–Kier alpha value is -3.18. The Morgan fingerprint density at radius 2 is 1.91 bits per heavy atom. The quantitative estimate of drug-likeness (QED) is 0.392. The van der Waals surface area contributed by atoms with E-state index in [0.29, 0.717) is 0 Å². The molecule has 0 fully saturated rings. The minimum absolute atomic E-state index is 0.570. The van der Waals surface area contributed by atoms with Gasteiger partial charge in [-0.05, 0) is 42.0 Å². The van der Waals surface area contributed by atoms with Crippen LogP contribution in [0.4, 0.5) is 11.5 Å². The first-order chi connectivity index (χ1) is 11.2. The van der Waals surface area contributed by atoms with Gasteiger partial charge in [-0.1, -0.05) is 30.3 Å². The highest BCUT2D eigenvalue weighted by atomic mass is 16.5. The lowest BCUT2D eigenvalue weighted by Crippen LogP contribution is -2.14. The fourth-order valence-corrected chi connectivity index (χ4v) is 2.21. The van der Waals surface area contributed by atoms with Gasteiger partial charge in [-0.3, -0.25) is 10.0 Å². The summed E-state index contributed by atoms with van der Waals surface area (Å²) in [6.45, 7) is 0. The number of carbonyl (C=O) groups excluding carboxylic acids is 1. The Bertz CT molecular complexity index is 875. The van der Waals surface area contributed by atoms with Crippen LogP contribution in [0.2, 0.25) is 0 Å². The molecule has 0 saturated carbocycles. The molecule has 0 aliphatic carbocycles. The molecule has 5 heteroatoms. The third-order valence-corrected chi connectivity index (χ3v) is 3.29. The van der Waals surface area contributed by atoms with E-state index in [0.717, 1.165) is 28.0 Å². The van der Waals surface area contributed by atoms with Crippen molar-refractivity contribution in [3.8, 4) is 0 Å². The molecule has 0 unspecified atom stereocenters. The van der Waals surface area contributed by atoms with Crippen molar-refractivity contribution < 1.29 is 10.0 Å². The van der Waals surface area contributed by atoms with Gasteiger partial charge in [-0.2, -0.15) is 0 Å². The van der Waals surface area contributed by atoms with Crippen molar-refractivity contribution >= 4 is 34.4 Å². The summed E-state index contributed by atoms with van der Waals surface area (Å²) in [5.41, 5.74) is 4.17. The van der Waals surface area contributed by atoms with Gasteiger partial charge in [0, 0.05) is 17.1 Å². The number of nitrogens with zero attached hydrogens (tertiary/aromatic N) is 1. The molecule has 0 aliphatic heterocycles. The van der Waals surface area contributed by atoms with E-state index in [9.17, 15) is 4.79 Å². The van der Waals surface area contributed by atoms with E-state index in [4.69, 9.17) is 5.21 Å². The lowest BCUT2D eigenvalue weighted by atomic mass is 10.2. The molecule has 0 atom stereocenters. The summed E-state index contributed by atoms with van der Waals surface area (Å²) in [5.74, 6) is 0.178. The number of amides is 1. The molecule has 1 heterocycles. The molecular formula is C18H15N3O2. The van der Waals surface area contributed by atoms with Gasteiger partial charge in [-0.15, -0.1) is 0 Å². The van der Waals surface area contributed by atoms with E-state index in [1.807, 2.05) is 60.7 Å². The molecule has 2 aromatic carbocycles. The van der Waals surface area contributed by atoms with Gasteiger partial charge >= 0.3 is 0 Å². The number of hydrogen-bond acceptors (Lipinski definition) is 4. The summed E-state index contributed by atoms with van der Waals surface area (Å²) in [6.07, 6.45) is 2.87. The number of aromatic nitrogens is 1. The smallest absolute Gasteiger partial charge is 0.267 e. The maximum atomic E-state index is 11.0. The number of para-hydroxylation sites is 1. The maximum Gasteiger partial charge on any atom is 0.267 e. The highest BCUT2D eigenvalue weighted by Crippen LogP contribution is 2.20. The van der Waals surface area contributed by atoms with Crippen LogP contribution in [0.15, 0.2) is 66.7 Å². The average molecular weight is 305 g/mol. The second kappa shape index (κ2) is 6.72. The number of carbonyl (C=O) groups is 1. The first-order valence-electron chi connectivity index (χ1n) is 7.10. The maximum absolute atomic E-state index is 11.0. The van der Waals surface area contributed by atoms with Crippen LogP contribution in [-0.4, -0.2) is 16.1 Å². The summed E-state index contributed by atoms with van der Waals surface area (Å²) in [5, 5.41) is 12.8. The van der Waals surface area contributed by atoms with Crippen molar-refractivity contribution in [2.45, 2.75) is 0 Å². The third-order valence-electron chi connectivity index (χ3n) is 3.29. The highest BCUT2D eigenvalue weighted by Gasteiger charge is 2.00. The second-order valence-electron chi connectivity index (χ2n) is 4.95. The van der Waals surface area contributed by atoms with Gasteiger partial charge in [0.05, 0.1) is 5.52 Å². The third kappa shape index (κ3) is 3.72. The summed E-state index contributed by atoms with van der Waals surface area (Å²) in [7, 11) is 0. The van der Waals surface area contributed by atoms with E-state index in [1.165, 1.54) is 6.08 Å². The van der Waals surface area contributed by atoms with Gasteiger partial charge < -0.3 is 5.32 Å². The number of benzene rings is 2. The Morgan fingerprint density at radius 3 is 2.78 bits per heavy atom. The van der Waals surface area contributed by atoms with E-state index < -0.39 is 5.91 Å². The molecule has 0 aliphatic rings. The molecule has 1 amide bonds. The fraction of sp³-hybridized carbons (Fsp3) is 0. The Kier molecular flexibility index (Phi) is 4.31. The lowest BCUT2D eigenvalue weighted by Gasteiger charge is -2.07. The predicted octanol–water partition coefficient (Wildman–Crippen LogP) is 3.50. The first-order valence-corrected chi connectivity index (χ1v) is 7.10. The van der Waals surface area contributed by atoms with Crippen LogP contribution in [0.5, 0.6) is 0 Å². The second-order valence-corrected chi connectivity index (χ2v) is 4.95. The number of nitrogens with one attached hydrogen (secondary N) is 2. The Balaban J connectivity index is 1.81. The minimum Gasteiger partial charge on any atom is -0.340 e. The highest BCUT2D eigenvalue weighted by molar-refractivity contribution is 5.91. The van der Waals surface area contributed by atoms with Crippen molar-refractivity contribution in [2.24, 2.45) is 0 Å². The fourth-order valence-electron chi connectivity index (χ4n) is 2.21. The zero-order valence-electron chi connectivity index (χ0n) is 12.2. The van der Waals surface area contributed by atoms with Crippen molar-refractivity contribution in [3.63, 3.8) is 0 Å². The van der Waals surface area contributed by atoms with E-state index in [2.05, 4.69) is 10.3 Å². The normalized spacial score (nSPS) is 10.8. The first kappa shape index (κ1) is 14.7. The Labute approximate surface area is 133 Å². The van der Waals surface area contributed by atoms with Gasteiger partial charge in [0.1, 0.15) is 5.82 Å². The molecule has 0 spiro atoms. The van der Waals surface area contributed by atoms with Gasteiger partial charge in [-0.25, -0.2) is 10.5 Å². The van der Waals surface area contributed by atoms with Crippen LogP contribution in [0.3, 0.4) is 0 Å². The molecule has 3 N–H and O–H groups in total. The van der Waals surface area contributed by atoms with Crippen LogP contribution in [0.25, 0.3) is 17.0 Å². The molecule has 0 radical (unpaired) electrons. The van der Waals surface area contributed by atoms with E-state index in [-0.39, 0.29) is 0 Å². The lowest BCUT2D eigenvalue weighted by molar-refractivity contribution is -0.124. The van der Waals surface area contributed by atoms with Crippen molar-refractivity contribution in [1.82, 2.24) is 10.5 Å². The zero-order chi connectivity index (χ0) is 16.1. The van der Waals surface area contributed by atoms with Crippen LogP contribution in [-0.2, 0) is 4.79 Å². The molecule has 1 aromatic heterocycles. The molecule has 0 bridgehead atoms. The molecule has 5 nitrogen and oxygen atoms in total. The summed E-state index contributed by atoms with van der Waals surface area (Å²) >= 11 is 0. The standard InChI is InChI=1S/C18H15N3O2/c22-18(21-23)11-8-13-4-3-6-15(12-13)19-17-10-9-14-5-1-2-7-16(14)20-17/h1-12,23H,(H,19,20)(H,21,22)/b11-8+.